The minimum Gasteiger partial charge on any atom is -0.396 e. The Balaban J connectivity index is 2.44. The lowest BCUT2D eigenvalue weighted by Crippen LogP contribution is -2.23. The number of primary sulfonamides is 1. The van der Waals surface area contributed by atoms with Crippen LogP contribution >= 0.6 is 23.1 Å². The van der Waals surface area contributed by atoms with Crippen molar-refractivity contribution in [2.45, 2.75) is 10.6 Å². The second-order valence-electron chi connectivity index (χ2n) is 3.12. The van der Waals surface area contributed by atoms with E-state index in [-0.39, 0.29) is 18.1 Å². The van der Waals surface area contributed by atoms with Crippen LogP contribution in [0.5, 0.6) is 0 Å². The lowest BCUT2D eigenvalue weighted by molar-refractivity contribution is 0.301. The third kappa shape index (κ3) is 2.25. The van der Waals surface area contributed by atoms with Gasteiger partial charge in [-0.05, 0) is 11.4 Å². The summed E-state index contributed by atoms with van der Waals surface area (Å²) < 4.78 is 23.7. The highest BCUT2D eigenvalue weighted by Gasteiger charge is 2.25. The molecule has 0 aromatic carbocycles. The fourth-order valence-electron chi connectivity index (χ4n) is 1.31. The van der Waals surface area contributed by atoms with Gasteiger partial charge in [0.1, 0.15) is 0 Å². The molecule has 0 unspecified atom stereocenters. The van der Waals surface area contributed by atoms with Gasteiger partial charge in [0, 0.05) is 17.9 Å². The summed E-state index contributed by atoms with van der Waals surface area (Å²) in [5.74, 6) is 0. The second-order valence-corrected chi connectivity index (χ2v) is 6.90. The largest absolute Gasteiger partial charge is 0.396 e. The minimum atomic E-state index is -3.78. The van der Waals surface area contributed by atoms with Gasteiger partial charge in [0.05, 0.1) is 9.90 Å². The summed E-state index contributed by atoms with van der Waals surface area (Å²) in [6.45, 7) is -0.107. The zero-order valence-corrected chi connectivity index (χ0v) is 10.6. The number of aliphatic hydroxyl groups is 1. The van der Waals surface area contributed by atoms with Crippen molar-refractivity contribution in [3.63, 3.8) is 0 Å². The second kappa shape index (κ2) is 4.38. The molecule has 8 heteroatoms. The van der Waals surface area contributed by atoms with E-state index in [9.17, 15) is 8.42 Å². The summed E-state index contributed by atoms with van der Waals surface area (Å²) in [7, 11) is -3.78. The van der Waals surface area contributed by atoms with Crippen LogP contribution in [-0.2, 0) is 10.0 Å². The molecule has 0 saturated carbocycles. The SMILES string of the molecule is NS(=O)(=O)C1=C(CCO)Sc2sccc2N1. The van der Waals surface area contributed by atoms with E-state index in [0.717, 1.165) is 9.90 Å². The van der Waals surface area contributed by atoms with E-state index in [2.05, 4.69) is 5.32 Å². The van der Waals surface area contributed by atoms with Crippen LogP contribution in [-0.4, -0.2) is 20.1 Å². The van der Waals surface area contributed by atoms with Gasteiger partial charge in [-0.1, -0.05) is 11.8 Å². The molecule has 0 aliphatic carbocycles. The Morgan fingerprint density at radius 1 is 1.50 bits per heavy atom. The maximum Gasteiger partial charge on any atom is 0.254 e. The number of hydrogen-bond donors (Lipinski definition) is 3. The van der Waals surface area contributed by atoms with Crippen LogP contribution < -0.4 is 10.5 Å². The van der Waals surface area contributed by atoms with Crippen molar-refractivity contribution in [1.82, 2.24) is 0 Å². The quantitative estimate of drug-likeness (QED) is 0.770. The monoisotopic (exact) mass is 278 g/mol. The number of thiophene rings is 1. The molecule has 1 aliphatic rings. The van der Waals surface area contributed by atoms with E-state index in [0.29, 0.717) is 4.91 Å². The Labute approximate surface area is 101 Å². The van der Waals surface area contributed by atoms with Crippen LogP contribution in [0, 0.1) is 0 Å². The average Bonchev–Trinajstić information content (AvgIpc) is 2.62. The van der Waals surface area contributed by atoms with Crippen molar-refractivity contribution in [3.05, 3.63) is 21.4 Å². The van der Waals surface area contributed by atoms with E-state index in [4.69, 9.17) is 10.2 Å². The first-order valence-electron chi connectivity index (χ1n) is 4.41. The Bertz CT molecular complexity index is 532. The van der Waals surface area contributed by atoms with Crippen molar-refractivity contribution in [3.8, 4) is 0 Å². The van der Waals surface area contributed by atoms with E-state index >= 15 is 0 Å². The van der Waals surface area contributed by atoms with Crippen molar-refractivity contribution >= 4 is 38.8 Å². The molecular formula is C8H10N2O3S3. The molecule has 0 spiro atoms. The number of hydrogen-bond acceptors (Lipinski definition) is 6. The maximum atomic E-state index is 11.4. The predicted molar refractivity (Wildman–Crippen MR) is 65.6 cm³/mol. The molecule has 1 aromatic rings. The molecule has 0 amide bonds. The lowest BCUT2D eigenvalue weighted by Gasteiger charge is -2.19. The van der Waals surface area contributed by atoms with Gasteiger partial charge in [-0.25, -0.2) is 13.6 Å². The molecule has 16 heavy (non-hydrogen) atoms. The highest BCUT2D eigenvalue weighted by Crippen LogP contribution is 2.44. The summed E-state index contributed by atoms with van der Waals surface area (Å²) in [5.41, 5.74) is 0.751. The first-order chi connectivity index (χ1) is 7.52. The van der Waals surface area contributed by atoms with Crippen LogP contribution in [0.4, 0.5) is 5.69 Å². The van der Waals surface area contributed by atoms with Gasteiger partial charge in [0.2, 0.25) is 0 Å². The van der Waals surface area contributed by atoms with Gasteiger partial charge in [0.15, 0.2) is 5.03 Å². The molecule has 0 saturated heterocycles. The zero-order chi connectivity index (χ0) is 11.8. The zero-order valence-electron chi connectivity index (χ0n) is 8.13. The molecule has 2 heterocycles. The van der Waals surface area contributed by atoms with Gasteiger partial charge >= 0.3 is 0 Å². The summed E-state index contributed by atoms with van der Waals surface area (Å²) in [5, 5.41) is 18.7. The van der Waals surface area contributed by atoms with Crippen LogP contribution in [0.15, 0.2) is 25.6 Å². The molecular weight excluding hydrogens is 268 g/mol. The van der Waals surface area contributed by atoms with Gasteiger partial charge in [-0.2, -0.15) is 0 Å². The topological polar surface area (TPSA) is 92.4 Å². The fraction of sp³-hybridized carbons (Fsp3) is 0.250. The van der Waals surface area contributed by atoms with Crippen molar-refractivity contribution < 1.29 is 13.5 Å². The highest BCUT2D eigenvalue weighted by molar-refractivity contribution is 8.06. The predicted octanol–water partition coefficient (Wildman–Crippen LogP) is 1.11. The highest BCUT2D eigenvalue weighted by atomic mass is 32.2. The molecule has 0 radical (unpaired) electrons. The summed E-state index contributed by atoms with van der Waals surface area (Å²) in [6.07, 6.45) is 0.279. The standard InChI is InChI=1S/C8H10N2O3S3/c9-16(12,13)7-6(1-3-11)15-8-5(10-7)2-4-14-8/h2,4,10-11H,1,3H2,(H2,9,12,13). The summed E-state index contributed by atoms with van der Waals surface area (Å²) >= 11 is 2.86. The van der Waals surface area contributed by atoms with Gasteiger partial charge in [-0.15, -0.1) is 11.3 Å². The number of nitrogens with one attached hydrogen (secondary N) is 1. The maximum absolute atomic E-state index is 11.4. The Hall–Kier alpha value is -0.540. The Kier molecular flexibility index (Phi) is 3.27. The van der Waals surface area contributed by atoms with Crippen molar-refractivity contribution in [1.29, 1.82) is 0 Å². The van der Waals surface area contributed by atoms with Crippen LogP contribution in [0.2, 0.25) is 0 Å². The first-order valence-corrected chi connectivity index (χ1v) is 7.66. The molecule has 88 valence electrons. The van der Waals surface area contributed by atoms with E-state index in [1.165, 1.54) is 23.1 Å². The summed E-state index contributed by atoms with van der Waals surface area (Å²) in [4.78, 5) is 0.556. The van der Waals surface area contributed by atoms with E-state index < -0.39 is 10.0 Å². The first kappa shape index (κ1) is 11.9. The molecule has 0 atom stereocenters. The molecule has 0 fully saturated rings. The number of anilines is 1. The third-order valence-corrected chi connectivity index (χ3v) is 5.32. The van der Waals surface area contributed by atoms with Crippen LogP contribution in [0.3, 0.4) is 0 Å². The fourth-order valence-corrected chi connectivity index (χ4v) is 4.48. The molecule has 1 aliphatic heterocycles. The number of aliphatic hydroxyl groups excluding tert-OH is 1. The number of nitrogens with two attached hydrogens (primary N) is 1. The van der Waals surface area contributed by atoms with Crippen LogP contribution in [0.1, 0.15) is 6.42 Å². The van der Waals surface area contributed by atoms with Crippen molar-refractivity contribution in [2.24, 2.45) is 5.14 Å². The Morgan fingerprint density at radius 3 is 2.88 bits per heavy atom. The van der Waals surface area contributed by atoms with Gasteiger partial charge in [0.25, 0.3) is 10.0 Å². The minimum absolute atomic E-state index is 0.00236. The Morgan fingerprint density at radius 2 is 2.25 bits per heavy atom. The lowest BCUT2D eigenvalue weighted by atomic mass is 10.4. The number of fused-ring (bicyclic) bond motifs is 1. The number of sulfonamides is 1. The molecule has 1 aromatic heterocycles. The van der Waals surface area contributed by atoms with Crippen LogP contribution in [0.25, 0.3) is 0 Å². The van der Waals surface area contributed by atoms with E-state index in [1.54, 1.807) is 6.07 Å². The number of thioether (sulfide) groups is 1. The number of rotatable bonds is 3. The summed E-state index contributed by atoms with van der Waals surface area (Å²) in [6, 6.07) is 1.80. The molecule has 4 N–H and O–H groups in total. The normalized spacial score (nSPS) is 15.9. The molecule has 2 rings (SSSR count). The average molecular weight is 278 g/mol. The third-order valence-electron chi connectivity index (χ3n) is 1.97. The van der Waals surface area contributed by atoms with E-state index in [1.807, 2.05) is 5.38 Å². The van der Waals surface area contributed by atoms with Crippen molar-refractivity contribution in [2.75, 3.05) is 11.9 Å². The van der Waals surface area contributed by atoms with Gasteiger partial charge < -0.3 is 10.4 Å². The van der Waals surface area contributed by atoms with Gasteiger partial charge in [-0.3, -0.25) is 0 Å². The molecule has 0 bridgehead atoms. The smallest absolute Gasteiger partial charge is 0.254 e. The molecule has 5 nitrogen and oxygen atoms in total.